The second kappa shape index (κ2) is 8.34. The van der Waals surface area contributed by atoms with Crippen LogP contribution in [0.15, 0.2) is 0 Å². The highest BCUT2D eigenvalue weighted by molar-refractivity contribution is 5.74. The number of hydrogen-bond acceptors (Lipinski definition) is 3. The van der Waals surface area contributed by atoms with E-state index in [-0.39, 0.29) is 12.1 Å². The molecule has 3 saturated heterocycles. The van der Waals surface area contributed by atoms with E-state index in [0.29, 0.717) is 12.5 Å². The molecule has 5 nitrogen and oxygen atoms in total. The van der Waals surface area contributed by atoms with E-state index in [1.807, 2.05) is 4.90 Å². The van der Waals surface area contributed by atoms with Gasteiger partial charge in [0.25, 0.3) is 0 Å². The van der Waals surface area contributed by atoms with Gasteiger partial charge in [-0.3, -0.25) is 0 Å². The van der Waals surface area contributed by atoms with Gasteiger partial charge in [-0.2, -0.15) is 0 Å². The summed E-state index contributed by atoms with van der Waals surface area (Å²) in [7, 11) is 0. The van der Waals surface area contributed by atoms with Crippen LogP contribution in [0.25, 0.3) is 0 Å². The molecule has 3 aliphatic heterocycles. The van der Waals surface area contributed by atoms with Gasteiger partial charge in [-0.05, 0) is 63.5 Å². The number of carbonyl (C=O) groups excluding carboxylic acids is 1. The van der Waals surface area contributed by atoms with Gasteiger partial charge in [0.15, 0.2) is 0 Å². The molecule has 0 aliphatic carbocycles. The smallest absolute Gasteiger partial charge is 0.317 e. The van der Waals surface area contributed by atoms with Gasteiger partial charge in [0, 0.05) is 32.8 Å². The fraction of sp³-hybridized carbons (Fsp3) is 0.944. The summed E-state index contributed by atoms with van der Waals surface area (Å²) in [5, 5.41) is 3.07. The average Bonchev–Trinajstić information content (AvgIpc) is 3.08. The van der Waals surface area contributed by atoms with Gasteiger partial charge in [0.2, 0.25) is 0 Å². The minimum Gasteiger partial charge on any atom is -0.376 e. The number of amides is 2. The first-order valence-electron chi connectivity index (χ1n) is 9.57. The van der Waals surface area contributed by atoms with E-state index in [0.717, 1.165) is 44.9 Å². The minimum atomic E-state index is 0.109. The van der Waals surface area contributed by atoms with Crippen LogP contribution in [0.4, 0.5) is 4.79 Å². The number of carbonyl (C=O) groups is 1. The van der Waals surface area contributed by atoms with Crippen LogP contribution in [-0.4, -0.2) is 67.8 Å². The van der Waals surface area contributed by atoms with E-state index >= 15 is 0 Å². The lowest BCUT2D eigenvalue weighted by Crippen LogP contribution is -2.49. The maximum atomic E-state index is 12.4. The topological polar surface area (TPSA) is 44.8 Å². The Morgan fingerprint density at radius 3 is 2.70 bits per heavy atom. The maximum absolute atomic E-state index is 12.4. The molecule has 3 fully saturated rings. The molecule has 0 bridgehead atoms. The number of nitrogens with one attached hydrogen (secondary N) is 1. The molecule has 0 aromatic carbocycles. The zero-order valence-electron chi connectivity index (χ0n) is 14.6. The molecular formula is C18H33N3O2. The summed E-state index contributed by atoms with van der Waals surface area (Å²) >= 11 is 0. The lowest BCUT2D eigenvalue weighted by atomic mass is 9.94. The van der Waals surface area contributed by atoms with Gasteiger partial charge in [-0.1, -0.05) is 6.92 Å². The summed E-state index contributed by atoms with van der Waals surface area (Å²) in [5.74, 6) is 1.53. The van der Waals surface area contributed by atoms with Crippen LogP contribution in [0.3, 0.4) is 0 Å². The fourth-order valence-corrected chi connectivity index (χ4v) is 4.13. The van der Waals surface area contributed by atoms with Gasteiger partial charge < -0.3 is 19.9 Å². The molecule has 132 valence electrons. The van der Waals surface area contributed by atoms with Crippen molar-refractivity contribution in [2.24, 2.45) is 11.8 Å². The molecule has 23 heavy (non-hydrogen) atoms. The van der Waals surface area contributed by atoms with Gasteiger partial charge in [0.1, 0.15) is 0 Å². The van der Waals surface area contributed by atoms with Crippen LogP contribution in [0.1, 0.15) is 45.4 Å². The number of urea groups is 1. The molecule has 0 spiro atoms. The predicted molar refractivity (Wildman–Crippen MR) is 91.5 cm³/mol. The average molecular weight is 323 g/mol. The normalized spacial score (nSPS) is 30.6. The van der Waals surface area contributed by atoms with E-state index in [4.69, 9.17) is 4.74 Å². The molecular weight excluding hydrogens is 290 g/mol. The summed E-state index contributed by atoms with van der Waals surface area (Å²) in [6.45, 7) is 9.35. The molecule has 3 aliphatic rings. The van der Waals surface area contributed by atoms with Crippen molar-refractivity contribution in [1.29, 1.82) is 0 Å². The molecule has 1 N–H and O–H groups in total. The number of likely N-dealkylation sites (tertiary alicyclic amines) is 2. The van der Waals surface area contributed by atoms with Crippen molar-refractivity contribution in [1.82, 2.24) is 15.1 Å². The number of hydrogen-bond donors (Lipinski definition) is 1. The van der Waals surface area contributed by atoms with Crippen molar-refractivity contribution >= 4 is 6.03 Å². The number of rotatable bonds is 4. The third kappa shape index (κ3) is 5.08. The van der Waals surface area contributed by atoms with Gasteiger partial charge in [-0.15, -0.1) is 0 Å². The lowest BCUT2D eigenvalue weighted by Gasteiger charge is -2.37. The molecule has 0 aromatic rings. The molecule has 0 unspecified atom stereocenters. The largest absolute Gasteiger partial charge is 0.376 e. The van der Waals surface area contributed by atoms with E-state index < -0.39 is 0 Å². The Hall–Kier alpha value is -0.810. The molecule has 0 saturated carbocycles. The van der Waals surface area contributed by atoms with Crippen LogP contribution in [0, 0.1) is 11.8 Å². The number of piperidine rings is 2. The van der Waals surface area contributed by atoms with Crippen molar-refractivity contribution in [2.75, 3.05) is 45.9 Å². The summed E-state index contributed by atoms with van der Waals surface area (Å²) in [6.07, 6.45) is 7.51. The van der Waals surface area contributed by atoms with E-state index in [1.165, 1.54) is 38.9 Å². The maximum Gasteiger partial charge on any atom is 0.317 e. The second-order valence-electron chi connectivity index (χ2n) is 7.76. The van der Waals surface area contributed by atoms with Crippen LogP contribution in [0.2, 0.25) is 0 Å². The number of ether oxygens (including phenoxy) is 1. The summed E-state index contributed by atoms with van der Waals surface area (Å²) in [6, 6.07) is 0.109. The van der Waals surface area contributed by atoms with Crippen molar-refractivity contribution in [3.8, 4) is 0 Å². The fourth-order valence-electron chi connectivity index (χ4n) is 4.13. The highest BCUT2D eigenvalue weighted by Crippen LogP contribution is 2.22. The summed E-state index contributed by atoms with van der Waals surface area (Å²) in [5.41, 5.74) is 0. The Bertz CT molecular complexity index is 376. The molecule has 3 rings (SSSR count). The van der Waals surface area contributed by atoms with E-state index in [2.05, 4.69) is 17.1 Å². The zero-order valence-corrected chi connectivity index (χ0v) is 14.6. The monoisotopic (exact) mass is 323 g/mol. The standard InChI is InChI=1S/C18H33N3O2/c1-15-6-9-20(10-7-15)13-16-4-2-8-21(14-16)18(22)19-12-17-5-3-11-23-17/h15-17H,2-14H2,1H3,(H,19,22)/t16-,17+/m1/s1. The Kier molecular flexibility index (Phi) is 6.17. The Balaban J connectivity index is 1.39. The van der Waals surface area contributed by atoms with Crippen molar-refractivity contribution in [3.63, 3.8) is 0 Å². The van der Waals surface area contributed by atoms with Gasteiger partial charge >= 0.3 is 6.03 Å². The summed E-state index contributed by atoms with van der Waals surface area (Å²) < 4.78 is 5.58. The SMILES string of the molecule is CC1CCN(C[C@H]2CCCN(C(=O)NC[C@@H]3CCCO3)C2)CC1. The lowest BCUT2D eigenvalue weighted by molar-refractivity contribution is 0.102. The highest BCUT2D eigenvalue weighted by atomic mass is 16.5. The molecule has 0 radical (unpaired) electrons. The predicted octanol–water partition coefficient (Wildman–Crippen LogP) is 2.32. The quantitative estimate of drug-likeness (QED) is 0.863. The molecule has 2 atom stereocenters. The number of nitrogens with zero attached hydrogens (tertiary/aromatic N) is 2. The third-order valence-electron chi connectivity index (χ3n) is 5.70. The first kappa shape index (κ1) is 17.0. The van der Waals surface area contributed by atoms with Crippen molar-refractivity contribution in [3.05, 3.63) is 0 Å². The van der Waals surface area contributed by atoms with Crippen LogP contribution < -0.4 is 5.32 Å². The van der Waals surface area contributed by atoms with Crippen molar-refractivity contribution in [2.45, 2.75) is 51.6 Å². The highest BCUT2D eigenvalue weighted by Gasteiger charge is 2.27. The Labute approximate surface area is 140 Å². The Morgan fingerprint density at radius 1 is 1.13 bits per heavy atom. The molecule has 2 amide bonds. The Morgan fingerprint density at radius 2 is 1.96 bits per heavy atom. The van der Waals surface area contributed by atoms with E-state index in [9.17, 15) is 4.79 Å². The van der Waals surface area contributed by atoms with Crippen molar-refractivity contribution < 1.29 is 9.53 Å². The van der Waals surface area contributed by atoms with E-state index in [1.54, 1.807) is 0 Å². The first-order chi connectivity index (χ1) is 11.2. The van der Waals surface area contributed by atoms with Crippen LogP contribution >= 0.6 is 0 Å². The van der Waals surface area contributed by atoms with Gasteiger partial charge in [0.05, 0.1) is 6.10 Å². The zero-order chi connectivity index (χ0) is 16.1. The third-order valence-corrected chi connectivity index (χ3v) is 5.70. The van der Waals surface area contributed by atoms with Crippen LogP contribution in [0.5, 0.6) is 0 Å². The first-order valence-corrected chi connectivity index (χ1v) is 9.57. The summed E-state index contributed by atoms with van der Waals surface area (Å²) in [4.78, 5) is 17.0. The molecule has 5 heteroatoms. The molecule has 0 aromatic heterocycles. The van der Waals surface area contributed by atoms with Gasteiger partial charge in [-0.25, -0.2) is 4.79 Å². The van der Waals surface area contributed by atoms with Crippen LogP contribution in [-0.2, 0) is 4.74 Å². The second-order valence-corrected chi connectivity index (χ2v) is 7.76. The minimum absolute atomic E-state index is 0.109. The molecule has 3 heterocycles.